The lowest BCUT2D eigenvalue weighted by Crippen LogP contribution is -2.50. The number of nitrogens with zero attached hydrogens (tertiary/aromatic N) is 1. The summed E-state index contributed by atoms with van der Waals surface area (Å²) >= 11 is 0. The van der Waals surface area contributed by atoms with Crippen molar-refractivity contribution in [2.75, 3.05) is 12.9 Å². The number of rotatable bonds is 10. The molecule has 9 heteroatoms. The highest BCUT2D eigenvalue weighted by Gasteiger charge is 2.42. The maximum absolute atomic E-state index is 11.7. The third-order valence-corrected chi connectivity index (χ3v) is 6.63. The highest BCUT2D eigenvalue weighted by molar-refractivity contribution is 7.90. The van der Waals surface area contributed by atoms with Gasteiger partial charge in [0.05, 0.1) is 17.6 Å². The van der Waals surface area contributed by atoms with Crippen molar-refractivity contribution in [3.63, 3.8) is 0 Å². The highest BCUT2D eigenvalue weighted by atomic mass is 32.2. The summed E-state index contributed by atoms with van der Waals surface area (Å²) in [5.41, 5.74) is 0.0584. The standard InChI is InChI=1S/C25H31NO7S/c1-25(2,33-20-11-13-21(14-12-20)34(3,29)30)24-31-17-19(8-5-4-6-10-22(27)28)23(32-24)18-9-7-15-26-16-18/h4-5,7,9,11-16,19,23-24H,6,8,10,17H2,1-3H3,(H,27,28)/b5-4-/t19-,23-,24+/m0/s1. The van der Waals surface area contributed by atoms with E-state index in [0.717, 1.165) is 11.8 Å². The van der Waals surface area contributed by atoms with Crippen LogP contribution in [-0.4, -0.2) is 49.2 Å². The number of pyridine rings is 1. The highest BCUT2D eigenvalue weighted by Crippen LogP contribution is 2.38. The maximum atomic E-state index is 11.7. The molecule has 0 saturated carbocycles. The largest absolute Gasteiger partial charge is 0.483 e. The van der Waals surface area contributed by atoms with Gasteiger partial charge < -0.3 is 19.3 Å². The first-order valence-corrected chi connectivity index (χ1v) is 13.0. The second-order valence-corrected chi connectivity index (χ2v) is 10.9. The Morgan fingerprint density at radius 3 is 2.59 bits per heavy atom. The fraction of sp³-hybridized carbons (Fsp3) is 0.440. The minimum absolute atomic E-state index is 0.0198. The van der Waals surface area contributed by atoms with Gasteiger partial charge in [-0.05, 0) is 62.6 Å². The molecule has 1 saturated heterocycles. The summed E-state index contributed by atoms with van der Waals surface area (Å²) in [5.74, 6) is -0.296. The van der Waals surface area contributed by atoms with Crippen molar-refractivity contribution < 1.29 is 32.5 Å². The lowest BCUT2D eigenvalue weighted by atomic mass is 9.92. The molecular formula is C25H31NO7S. The van der Waals surface area contributed by atoms with Gasteiger partial charge in [-0.15, -0.1) is 0 Å². The van der Waals surface area contributed by atoms with Crippen LogP contribution in [0.4, 0.5) is 0 Å². The third kappa shape index (κ3) is 7.12. The van der Waals surface area contributed by atoms with Crippen LogP contribution in [0.15, 0.2) is 65.8 Å². The van der Waals surface area contributed by atoms with E-state index in [1.54, 1.807) is 24.5 Å². The Balaban J connectivity index is 1.71. The second kappa shape index (κ2) is 11.1. The van der Waals surface area contributed by atoms with Gasteiger partial charge in [-0.1, -0.05) is 18.2 Å². The molecule has 1 fully saturated rings. The lowest BCUT2D eigenvalue weighted by Gasteiger charge is -2.42. The zero-order valence-corrected chi connectivity index (χ0v) is 20.4. The molecule has 3 atom stereocenters. The number of aromatic nitrogens is 1. The molecule has 8 nitrogen and oxygen atoms in total. The van der Waals surface area contributed by atoms with Crippen molar-refractivity contribution >= 4 is 15.8 Å². The van der Waals surface area contributed by atoms with Crippen LogP contribution in [0.3, 0.4) is 0 Å². The van der Waals surface area contributed by atoms with Crippen LogP contribution < -0.4 is 4.74 Å². The Kier molecular flexibility index (Phi) is 8.46. The predicted octanol–water partition coefficient (Wildman–Crippen LogP) is 4.18. The fourth-order valence-corrected chi connectivity index (χ4v) is 4.37. The molecule has 0 amide bonds. The van der Waals surface area contributed by atoms with Gasteiger partial charge in [-0.3, -0.25) is 9.78 Å². The molecule has 0 aliphatic carbocycles. The molecule has 1 N–H and O–H groups in total. The molecule has 0 radical (unpaired) electrons. The topological polar surface area (TPSA) is 112 Å². The van der Waals surface area contributed by atoms with Gasteiger partial charge in [0, 0.05) is 31.0 Å². The molecular weight excluding hydrogens is 458 g/mol. The van der Waals surface area contributed by atoms with E-state index >= 15 is 0 Å². The number of allylic oxidation sites excluding steroid dienone is 2. The van der Waals surface area contributed by atoms with E-state index < -0.39 is 27.7 Å². The number of ether oxygens (including phenoxy) is 3. The number of aliphatic carboxylic acids is 1. The number of hydrogen-bond donors (Lipinski definition) is 1. The minimum atomic E-state index is -3.29. The lowest BCUT2D eigenvalue weighted by molar-refractivity contribution is -0.288. The molecule has 34 heavy (non-hydrogen) atoms. The molecule has 2 aromatic rings. The molecule has 1 aliphatic heterocycles. The van der Waals surface area contributed by atoms with Gasteiger partial charge in [-0.2, -0.15) is 0 Å². The van der Waals surface area contributed by atoms with Crippen LogP contribution >= 0.6 is 0 Å². The zero-order valence-electron chi connectivity index (χ0n) is 19.6. The van der Waals surface area contributed by atoms with Gasteiger partial charge in [0.1, 0.15) is 5.75 Å². The smallest absolute Gasteiger partial charge is 0.303 e. The summed E-state index contributed by atoms with van der Waals surface area (Å²) in [6, 6.07) is 10.1. The van der Waals surface area contributed by atoms with Crippen molar-refractivity contribution in [1.29, 1.82) is 0 Å². The summed E-state index contributed by atoms with van der Waals surface area (Å²) in [4.78, 5) is 15.1. The van der Waals surface area contributed by atoms with Crippen LogP contribution in [0.2, 0.25) is 0 Å². The first-order valence-electron chi connectivity index (χ1n) is 11.1. The number of carboxylic acids is 1. The van der Waals surface area contributed by atoms with Gasteiger partial charge in [0.15, 0.2) is 21.7 Å². The number of benzene rings is 1. The molecule has 0 spiro atoms. The minimum Gasteiger partial charge on any atom is -0.483 e. The Bertz CT molecular complexity index is 1080. The van der Waals surface area contributed by atoms with Crippen LogP contribution in [-0.2, 0) is 24.1 Å². The molecule has 1 aromatic carbocycles. The summed E-state index contributed by atoms with van der Waals surface area (Å²) in [7, 11) is -3.29. The van der Waals surface area contributed by atoms with Gasteiger partial charge >= 0.3 is 5.97 Å². The molecule has 1 aliphatic rings. The van der Waals surface area contributed by atoms with Gasteiger partial charge in [0.2, 0.25) is 0 Å². The average Bonchev–Trinajstić information content (AvgIpc) is 2.79. The number of carboxylic acid groups (broad SMARTS) is 1. The summed E-state index contributed by atoms with van der Waals surface area (Å²) < 4.78 is 42.0. The third-order valence-electron chi connectivity index (χ3n) is 5.50. The first-order chi connectivity index (χ1) is 16.1. The van der Waals surface area contributed by atoms with E-state index in [1.165, 1.54) is 12.1 Å². The monoisotopic (exact) mass is 489 g/mol. The van der Waals surface area contributed by atoms with Crippen LogP contribution in [0.1, 0.15) is 44.8 Å². The van der Waals surface area contributed by atoms with Crippen molar-refractivity contribution in [2.45, 2.75) is 56.0 Å². The number of sulfone groups is 1. The van der Waals surface area contributed by atoms with Crippen molar-refractivity contribution in [3.8, 4) is 5.75 Å². The normalized spacial score (nSPS) is 21.4. The van der Waals surface area contributed by atoms with E-state index in [2.05, 4.69) is 4.98 Å². The van der Waals surface area contributed by atoms with E-state index in [9.17, 15) is 13.2 Å². The van der Waals surface area contributed by atoms with E-state index in [4.69, 9.17) is 19.3 Å². The van der Waals surface area contributed by atoms with E-state index in [-0.39, 0.29) is 23.3 Å². The molecule has 3 rings (SSSR count). The predicted molar refractivity (Wildman–Crippen MR) is 126 cm³/mol. The first kappa shape index (κ1) is 25.9. The summed E-state index contributed by atoms with van der Waals surface area (Å²) in [6.07, 6.45) is 8.74. The SMILES string of the molecule is CC(C)(Oc1ccc(S(C)(=O)=O)cc1)[C@@H]1OC[C@H](C/C=C\CCC(=O)O)[C@H](c2cccnc2)O1. The molecule has 1 aromatic heterocycles. The Morgan fingerprint density at radius 1 is 1.24 bits per heavy atom. The number of carbonyl (C=O) groups is 1. The molecule has 184 valence electrons. The van der Waals surface area contributed by atoms with Crippen LogP contribution in [0.5, 0.6) is 5.75 Å². The summed E-state index contributed by atoms with van der Waals surface area (Å²) in [6.45, 7) is 4.14. The van der Waals surface area contributed by atoms with E-state index in [1.807, 2.05) is 38.1 Å². The molecule has 2 heterocycles. The van der Waals surface area contributed by atoms with Crippen LogP contribution in [0, 0.1) is 5.92 Å². The Hall–Kier alpha value is -2.75. The van der Waals surface area contributed by atoms with Crippen molar-refractivity contribution in [3.05, 3.63) is 66.5 Å². The Morgan fingerprint density at radius 2 is 1.97 bits per heavy atom. The van der Waals surface area contributed by atoms with Crippen molar-refractivity contribution in [1.82, 2.24) is 4.98 Å². The fourth-order valence-electron chi connectivity index (χ4n) is 3.74. The second-order valence-electron chi connectivity index (χ2n) is 8.86. The Labute approximate surface area is 200 Å². The van der Waals surface area contributed by atoms with Gasteiger partial charge in [-0.25, -0.2) is 8.42 Å². The molecule has 0 bridgehead atoms. The average molecular weight is 490 g/mol. The van der Waals surface area contributed by atoms with E-state index in [0.29, 0.717) is 25.2 Å². The maximum Gasteiger partial charge on any atom is 0.303 e. The summed E-state index contributed by atoms with van der Waals surface area (Å²) in [5, 5.41) is 8.79. The van der Waals surface area contributed by atoms with Crippen LogP contribution in [0.25, 0.3) is 0 Å². The molecule has 0 unspecified atom stereocenters. The zero-order chi connectivity index (χ0) is 24.8. The number of hydrogen-bond acceptors (Lipinski definition) is 7. The van der Waals surface area contributed by atoms with Crippen molar-refractivity contribution in [2.24, 2.45) is 5.92 Å². The quantitative estimate of drug-likeness (QED) is 0.495. The van der Waals surface area contributed by atoms with Gasteiger partial charge in [0.25, 0.3) is 0 Å².